The fourth-order valence-electron chi connectivity index (χ4n) is 3.84. The lowest BCUT2D eigenvalue weighted by Crippen LogP contribution is -3.13. The van der Waals surface area contributed by atoms with Crippen LogP contribution in [-0.2, 0) is 6.54 Å². The van der Waals surface area contributed by atoms with Crippen LogP contribution in [-0.4, -0.2) is 35.4 Å². The van der Waals surface area contributed by atoms with Crippen LogP contribution >= 0.6 is 0 Å². The molecule has 0 aliphatic carbocycles. The summed E-state index contributed by atoms with van der Waals surface area (Å²) in [7, 11) is 0. The van der Waals surface area contributed by atoms with Crippen LogP contribution < -0.4 is 4.90 Å². The average Bonchev–Trinajstić information content (AvgIpc) is 2.90. The molecule has 3 nitrogen and oxygen atoms in total. The molecule has 0 radical (unpaired) electrons. The Bertz CT molecular complexity index is 733. The Labute approximate surface area is 144 Å². The molecule has 0 spiro atoms. The molecular formula is C21H29N2O+. The van der Waals surface area contributed by atoms with Crippen molar-refractivity contribution in [1.82, 2.24) is 4.57 Å². The molecule has 0 saturated carbocycles. The molecule has 2 N–H and O–H groups in total. The van der Waals surface area contributed by atoms with Crippen molar-refractivity contribution in [2.45, 2.75) is 39.3 Å². The molecule has 0 amide bonds. The Morgan fingerprint density at radius 1 is 0.875 bits per heavy atom. The number of para-hydroxylation sites is 2. The number of quaternary nitrogens is 1. The van der Waals surface area contributed by atoms with Crippen molar-refractivity contribution in [2.75, 3.05) is 19.6 Å². The zero-order valence-corrected chi connectivity index (χ0v) is 14.8. The maximum Gasteiger partial charge on any atom is 0.121 e. The molecule has 0 aliphatic rings. The minimum absolute atomic E-state index is 0.322. The zero-order chi connectivity index (χ0) is 16.9. The van der Waals surface area contributed by atoms with Gasteiger partial charge in [0.2, 0.25) is 0 Å². The number of aliphatic hydroxyl groups excluding tert-OH is 1. The highest BCUT2D eigenvalue weighted by molar-refractivity contribution is 6.07. The van der Waals surface area contributed by atoms with Gasteiger partial charge in [0.05, 0.1) is 19.6 Å². The highest BCUT2D eigenvalue weighted by Gasteiger charge is 2.17. The maximum absolute atomic E-state index is 10.7. The first kappa shape index (κ1) is 17.0. The van der Waals surface area contributed by atoms with Crippen molar-refractivity contribution < 1.29 is 10.0 Å². The third kappa shape index (κ3) is 3.47. The molecule has 1 atom stereocenters. The van der Waals surface area contributed by atoms with Gasteiger partial charge >= 0.3 is 0 Å². The quantitative estimate of drug-likeness (QED) is 0.655. The highest BCUT2D eigenvalue weighted by Crippen LogP contribution is 2.28. The van der Waals surface area contributed by atoms with Gasteiger partial charge in [0.25, 0.3) is 0 Å². The second kappa shape index (κ2) is 7.82. The minimum Gasteiger partial charge on any atom is -0.385 e. The Hall–Kier alpha value is -1.84. The standard InChI is InChI=1S/C21H28N2O/c1-3-13-22(14-4-2)15-17(24)16-23-20-11-7-5-9-18(20)19-10-6-8-12-21(19)23/h5-12,17,24H,3-4,13-16H2,1-2H3/p+1. The van der Waals surface area contributed by atoms with E-state index in [1.165, 1.54) is 26.7 Å². The number of benzene rings is 2. The Morgan fingerprint density at radius 2 is 1.38 bits per heavy atom. The van der Waals surface area contributed by atoms with Crippen LogP contribution in [0.2, 0.25) is 0 Å². The zero-order valence-electron chi connectivity index (χ0n) is 14.8. The number of nitrogens with zero attached hydrogens (tertiary/aromatic N) is 1. The van der Waals surface area contributed by atoms with E-state index in [0.29, 0.717) is 6.54 Å². The summed E-state index contributed by atoms with van der Waals surface area (Å²) in [6.45, 7) is 8.19. The molecule has 3 heteroatoms. The number of nitrogens with one attached hydrogen (secondary N) is 1. The van der Waals surface area contributed by atoms with Crippen molar-refractivity contribution >= 4 is 21.8 Å². The van der Waals surface area contributed by atoms with Gasteiger partial charge in [-0.3, -0.25) is 0 Å². The predicted molar refractivity (Wildman–Crippen MR) is 102 cm³/mol. The number of hydrogen-bond donors (Lipinski definition) is 2. The summed E-state index contributed by atoms with van der Waals surface area (Å²) >= 11 is 0. The lowest BCUT2D eigenvalue weighted by atomic mass is 10.2. The van der Waals surface area contributed by atoms with Gasteiger partial charge in [-0.05, 0) is 25.0 Å². The van der Waals surface area contributed by atoms with Crippen LogP contribution in [0.15, 0.2) is 48.5 Å². The molecule has 0 fully saturated rings. The van der Waals surface area contributed by atoms with Crippen molar-refractivity contribution in [3.8, 4) is 0 Å². The van der Waals surface area contributed by atoms with Crippen LogP contribution in [0.3, 0.4) is 0 Å². The van der Waals surface area contributed by atoms with Crippen LogP contribution in [0.5, 0.6) is 0 Å². The van der Waals surface area contributed by atoms with Crippen LogP contribution in [0.25, 0.3) is 21.8 Å². The van der Waals surface area contributed by atoms with Crippen molar-refractivity contribution in [3.05, 3.63) is 48.5 Å². The molecular weight excluding hydrogens is 296 g/mol. The van der Waals surface area contributed by atoms with Crippen LogP contribution in [0.1, 0.15) is 26.7 Å². The van der Waals surface area contributed by atoms with E-state index in [-0.39, 0.29) is 6.10 Å². The fourth-order valence-corrected chi connectivity index (χ4v) is 3.84. The topological polar surface area (TPSA) is 29.6 Å². The normalized spacial score (nSPS) is 13.2. The molecule has 1 aromatic heterocycles. The Balaban J connectivity index is 1.88. The Kier molecular flexibility index (Phi) is 5.54. The second-order valence-corrected chi connectivity index (χ2v) is 6.75. The number of aromatic nitrogens is 1. The van der Waals surface area contributed by atoms with E-state index in [1.807, 2.05) is 0 Å². The summed E-state index contributed by atoms with van der Waals surface area (Å²) in [5.41, 5.74) is 2.43. The van der Waals surface area contributed by atoms with E-state index in [0.717, 1.165) is 32.5 Å². The number of rotatable bonds is 8. The molecule has 24 heavy (non-hydrogen) atoms. The molecule has 1 unspecified atom stereocenters. The lowest BCUT2D eigenvalue weighted by Gasteiger charge is -2.22. The molecule has 0 bridgehead atoms. The Morgan fingerprint density at radius 3 is 1.88 bits per heavy atom. The molecule has 128 valence electrons. The smallest absolute Gasteiger partial charge is 0.121 e. The first-order valence-electron chi connectivity index (χ1n) is 9.22. The van der Waals surface area contributed by atoms with E-state index in [2.05, 4.69) is 66.9 Å². The molecule has 2 aromatic carbocycles. The van der Waals surface area contributed by atoms with Gasteiger partial charge < -0.3 is 14.6 Å². The molecule has 1 heterocycles. The molecule has 3 aromatic rings. The van der Waals surface area contributed by atoms with Gasteiger partial charge in [0, 0.05) is 21.8 Å². The van der Waals surface area contributed by atoms with Gasteiger partial charge in [-0.15, -0.1) is 0 Å². The third-order valence-electron chi connectivity index (χ3n) is 4.80. The van der Waals surface area contributed by atoms with Crippen molar-refractivity contribution in [1.29, 1.82) is 0 Å². The highest BCUT2D eigenvalue weighted by atomic mass is 16.3. The minimum atomic E-state index is -0.322. The largest absolute Gasteiger partial charge is 0.385 e. The molecule has 3 rings (SSSR count). The number of fused-ring (bicyclic) bond motifs is 3. The van der Waals surface area contributed by atoms with Crippen LogP contribution in [0.4, 0.5) is 0 Å². The summed E-state index contributed by atoms with van der Waals surface area (Å²) < 4.78 is 2.28. The summed E-state index contributed by atoms with van der Waals surface area (Å²) in [6, 6.07) is 17.0. The van der Waals surface area contributed by atoms with Crippen molar-refractivity contribution in [3.63, 3.8) is 0 Å². The number of hydrogen-bond acceptors (Lipinski definition) is 1. The fraction of sp³-hybridized carbons (Fsp3) is 0.429. The number of aliphatic hydroxyl groups is 1. The van der Waals surface area contributed by atoms with Gasteiger partial charge in [0.1, 0.15) is 12.6 Å². The van der Waals surface area contributed by atoms with Gasteiger partial charge in [0.15, 0.2) is 0 Å². The summed E-state index contributed by atoms with van der Waals surface area (Å²) in [5, 5.41) is 13.3. The maximum atomic E-state index is 10.7. The van der Waals surface area contributed by atoms with Gasteiger partial charge in [-0.2, -0.15) is 0 Å². The van der Waals surface area contributed by atoms with Crippen LogP contribution in [0, 0.1) is 0 Å². The average molecular weight is 325 g/mol. The van der Waals surface area contributed by atoms with Gasteiger partial charge in [-0.25, -0.2) is 0 Å². The summed E-state index contributed by atoms with van der Waals surface area (Å²) in [6.07, 6.45) is 2.01. The summed E-state index contributed by atoms with van der Waals surface area (Å²) in [4.78, 5) is 1.51. The first-order chi connectivity index (χ1) is 11.7. The van der Waals surface area contributed by atoms with E-state index >= 15 is 0 Å². The third-order valence-corrected chi connectivity index (χ3v) is 4.80. The summed E-state index contributed by atoms with van der Waals surface area (Å²) in [5.74, 6) is 0. The van der Waals surface area contributed by atoms with E-state index in [4.69, 9.17) is 0 Å². The molecule has 0 aliphatic heterocycles. The predicted octanol–water partition coefficient (Wildman–Crippen LogP) is 2.86. The van der Waals surface area contributed by atoms with E-state index < -0.39 is 0 Å². The second-order valence-electron chi connectivity index (χ2n) is 6.75. The monoisotopic (exact) mass is 325 g/mol. The van der Waals surface area contributed by atoms with Crippen molar-refractivity contribution in [2.24, 2.45) is 0 Å². The molecule has 0 saturated heterocycles. The van der Waals surface area contributed by atoms with E-state index in [9.17, 15) is 5.11 Å². The van der Waals surface area contributed by atoms with E-state index in [1.54, 1.807) is 0 Å². The van der Waals surface area contributed by atoms with Gasteiger partial charge in [-0.1, -0.05) is 50.2 Å². The lowest BCUT2D eigenvalue weighted by molar-refractivity contribution is -0.903. The SMILES string of the molecule is CCC[NH+](CCC)CC(O)Cn1c2ccccc2c2ccccc21. The first-order valence-corrected chi connectivity index (χ1v) is 9.22.